The molecule has 0 amide bonds. The minimum atomic E-state index is -1.06. The molecule has 0 spiro atoms. The molecule has 0 fully saturated rings. The number of carbonyl (C=O) groups is 1. The number of rotatable bonds is 5. The van der Waals surface area contributed by atoms with Gasteiger partial charge in [-0.1, -0.05) is 0 Å². The lowest BCUT2D eigenvalue weighted by atomic mass is 10.1. The first-order valence-electron chi connectivity index (χ1n) is 5.98. The highest BCUT2D eigenvalue weighted by atomic mass is 16.6. The second-order valence-electron chi connectivity index (χ2n) is 4.50. The van der Waals surface area contributed by atoms with Gasteiger partial charge in [0.25, 0.3) is 5.69 Å². The Morgan fingerprint density at radius 3 is 2.90 bits per heavy atom. The van der Waals surface area contributed by atoms with Crippen LogP contribution in [0, 0.1) is 10.1 Å². The summed E-state index contributed by atoms with van der Waals surface area (Å²) >= 11 is 0. The number of fused-ring (bicyclic) bond motifs is 1. The molecule has 1 atom stereocenters. The highest BCUT2D eigenvalue weighted by molar-refractivity contribution is 5.78. The van der Waals surface area contributed by atoms with Gasteiger partial charge in [-0.25, -0.2) is 4.98 Å². The number of non-ortho nitro benzene ring substituents is 1. The number of carboxylic acid groups (broad SMARTS) is 1. The minimum Gasteiger partial charge on any atom is -0.480 e. The molecule has 0 bridgehead atoms. The SMILES string of the molecule is Cn1c(CCC(N)C(=O)O)nc2cc([N+](=O)[O-])ccc21. The number of carboxylic acids is 1. The summed E-state index contributed by atoms with van der Waals surface area (Å²) in [6.07, 6.45) is 0.654. The van der Waals surface area contributed by atoms with Crippen molar-refractivity contribution in [3.8, 4) is 0 Å². The quantitative estimate of drug-likeness (QED) is 0.616. The maximum atomic E-state index is 10.7. The van der Waals surface area contributed by atoms with Gasteiger partial charge in [0, 0.05) is 25.6 Å². The van der Waals surface area contributed by atoms with Gasteiger partial charge < -0.3 is 15.4 Å². The van der Waals surface area contributed by atoms with Crippen molar-refractivity contribution < 1.29 is 14.8 Å². The van der Waals surface area contributed by atoms with Crippen LogP contribution in [-0.2, 0) is 18.3 Å². The molecule has 0 radical (unpaired) electrons. The number of hydrogen-bond acceptors (Lipinski definition) is 5. The van der Waals surface area contributed by atoms with E-state index in [1.54, 1.807) is 17.7 Å². The molecule has 3 N–H and O–H groups in total. The van der Waals surface area contributed by atoms with E-state index in [2.05, 4.69) is 4.98 Å². The summed E-state index contributed by atoms with van der Waals surface area (Å²) in [5, 5.41) is 19.5. The molecule has 20 heavy (non-hydrogen) atoms. The van der Waals surface area contributed by atoms with E-state index in [9.17, 15) is 14.9 Å². The number of nitrogens with zero attached hydrogens (tertiary/aromatic N) is 3. The van der Waals surface area contributed by atoms with Gasteiger partial charge in [0.05, 0.1) is 16.0 Å². The van der Waals surface area contributed by atoms with Crippen molar-refractivity contribution in [1.82, 2.24) is 9.55 Å². The first-order chi connectivity index (χ1) is 9.40. The molecule has 8 heteroatoms. The largest absolute Gasteiger partial charge is 0.480 e. The fraction of sp³-hybridized carbons (Fsp3) is 0.333. The minimum absolute atomic E-state index is 0.0237. The number of aromatic nitrogens is 2. The molecule has 106 valence electrons. The van der Waals surface area contributed by atoms with Crippen molar-refractivity contribution in [2.45, 2.75) is 18.9 Å². The van der Waals surface area contributed by atoms with Crippen LogP contribution < -0.4 is 5.73 Å². The van der Waals surface area contributed by atoms with Crippen LogP contribution >= 0.6 is 0 Å². The summed E-state index contributed by atoms with van der Waals surface area (Å²) in [7, 11) is 1.78. The van der Waals surface area contributed by atoms with E-state index in [1.165, 1.54) is 12.1 Å². The molecule has 2 aromatic rings. The van der Waals surface area contributed by atoms with Gasteiger partial charge in [0.15, 0.2) is 0 Å². The Morgan fingerprint density at radius 1 is 1.60 bits per heavy atom. The molecule has 2 rings (SSSR count). The third-order valence-electron chi connectivity index (χ3n) is 3.16. The predicted octanol–water partition coefficient (Wildman–Crippen LogP) is 0.826. The third-order valence-corrected chi connectivity index (χ3v) is 3.16. The summed E-state index contributed by atoms with van der Waals surface area (Å²) in [4.78, 5) is 25.2. The molecule has 1 aromatic heterocycles. The van der Waals surface area contributed by atoms with Crippen molar-refractivity contribution >= 4 is 22.7 Å². The lowest BCUT2D eigenvalue weighted by Gasteiger charge is -2.06. The van der Waals surface area contributed by atoms with E-state index in [4.69, 9.17) is 10.8 Å². The van der Waals surface area contributed by atoms with E-state index in [0.29, 0.717) is 17.8 Å². The van der Waals surface area contributed by atoms with Crippen LogP contribution in [0.25, 0.3) is 11.0 Å². The average Bonchev–Trinajstić information content (AvgIpc) is 2.72. The first-order valence-corrected chi connectivity index (χ1v) is 5.98. The summed E-state index contributed by atoms with van der Waals surface area (Å²) in [5.41, 5.74) is 6.70. The second-order valence-corrected chi connectivity index (χ2v) is 4.50. The smallest absolute Gasteiger partial charge is 0.320 e. The Labute approximate surface area is 114 Å². The summed E-state index contributed by atoms with van der Waals surface area (Å²) in [6, 6.07) is 3.50. The maximum Gasteiger partial charge on any atom is 0.320 e. The Bertz CT molecular complexity index is 679. The Morgan fingerprint density at radius 2 is 2.30 bits per heavy atom. The summed E-state index contributed by atoms with van der Waals surface area (Å²) in [6.45, 7) is 0. The predicted molar refractivity (Wildman–Crippen MR) is 71.3 cm³/mol. The lowest BCUT2D eigenvalue weighted by Crippen LogP contribution is -2.30. The van der Waals surface area contributed by atoms with Crippen LogP contribution in [0.2, 0.25) is 0 Å². The molecule has 0 saturated heterocycles. The second kappa shape index (κ2) is 5.25. The monoisotopic (exact) mass is 278 g/mol. The van der Waals surface area contributed by atoms with Crippen molar-refractivity contribution in [3.63, 3.8) is 0 Å². The highest BCUT2D eigenvalue weighted by Crippen LogP contribution is 2.21. The fourth-order valence-corrected chi connectivity index (χ4v) is 1.98. The normalized spacial score (nSPS) is 12.5. The van der Waals surface area contributed by atoms with E-state index in [-0.39, 0.29) is 12.1 Å². The van der Waals surface area contributed by atoms with Gasteiger partial charge >= 0.3 is 5.97 Å². The van der Waals surface area contributed by atoms with Crippen LogP contribution in [-0.4, -0.2) is 31.6 Å². The molecular formula is C12H14N4O4. The number of hydrogen-bond donors (Lipinski definition) is 2. The van der Waals surface area contributed by atoms with Crippen LogP contribution in [0.15, 0.2) is 18.2 Å². The molecule has 1 unspecified atom stereocenters. The molecule has 1 heterocycles. The zero-order valence-corrected chi connectivity index (χ0v) is 10.8. The van der Waals surface area contributed by atoms with Crippen molar-refractivity contribution in [2.75, 3.05) is 0 Å². The van der Waals surface area contributed by atoms with E-state index in [0.717, 1.165) is 5.52 Å². The van der Waals surface area contributed by atoms with Crippen molar-refractivity contribution in [1.29, 1.82) is 0 Å². The number of nitro groups is 1. The highest BCUT2D eigenvalue weighted by Gasteiger charge is 2.15. The van der Waals surface area contributed by atoms with Crippen LogP contribution in [0.4, 0.5) is 5.69 Å². The van der Waals surface area contributed by atoms with Gasteiger partial charge in [-0.3, -0.25) is 14.9 Å². The molecule has 1 aromatic carbocycles. The molecule has 0 aliphatic carbocycles. The van der Waals surface area contributed by atoms with Gasteiger partial charge in [-0.05, 0) is 12.5 Å². The standard InChI is InChI=1S/C12H14N4O4/c1-15-10-4-2-7(16(19)20)6-9(10)14-11(15)5-3-8(13)12(17)18/h2,4,6,8H,3,5,13H2,1H3,(H,17,18). The zero-order valence-electron chi connectivity index (χ0n) is 10.8. The van der Waals surface area contributed by atoms with Crippen LogP contribution in [0.1, 0.15) is 12.2 Å². The maximum absolute atomic E-state index is 10.7. The van der Waals surface area contributed by atoms with Gasteiger partial charge in [-0.15, -0.1) is 0 Å². The zero-order chi connectivity index (χ0) is 14.9. The van der Waals surface area contributed by atoms with Gasteiger partial charge in [0.1, 0.15) is 11.9 Å². The fourth-order valence-electron chi connectivity index (χ4n) is 1.98. The summed E-state index contributed by atoms with van der Waals surface area (Å²) in [5.74, 6) is -0.406. The lowest BCUT2D eigenvalue weighted by molar-refractivity contribution is -0.384. The molecule has 8 nitrogen and oxygen atoms in total. The average molecular weight is 278 g/mol. The van der Waals surface area contributed by atoms with Gasteiger partial charge in [-0.2, -0.15) is 0 Å². The molecular weight excluding hydrogens is 264 g/mol. The Balaban J connectivity index is 2.29. The van der Waals surface area contributed by atoms with Crippen molar-refractivity contribution in [3.05, 3.63) is 34.1 Å². The van der Waals surface area contributed by atoms with E-state index >= 15 is 0 Å². The van der Waals surface area contributed by atoms with Gasteiger partial charge in [0.2, 0.25) is 0 Å². The van der Waals surface area contributed by atoms with Crippen LogP contribution in [0.5, 0.6) is 0 Å². The number of benzene rings is 1. The molecule has 0 aliphatic heterocycles. The Hall–Kier alpha value is -2.48. The Kier molecular flexibility index (Phi) is 3.66. The number of aryl methyl sites for hydroxylation is 2. The number of aliphatic carboxylic acids is 1. The van der Waals surface area contributed by atoms with E-state index < -0.39 is 16.9 Å². The molecule has 0 saturated carbocycles. The van der Waals surface area contributed by atoms with E-state index in [1.807, 2.05) is 0 Å². The number of nitrogens with two attached hydrogens (primary N) is 1. The number of imidazole rings is 1. The third kappa shape index (κ3) is 2.59. The topological polar surface area (TPSA) is 124 Å². The number of nitro benzene ring substituents is 1. The summed E-state index contributed by atoms with van der Waals surface area (Å²) < 4.78 is 1.79. The molecule has 0 aliphatic rings. The first kappa shape index (κ1) is 13.9. The van der Waals surface area contributed by atoms with Crippen LogP contribution in [0.3, 0.4) is 0 Å². The van der Waals surface area contributed by atoms with Crippen molar-refractivity contribution in [2.24, 2.45) is 12.8 Å².